The van der Waals surface area contributed by atoms with Crippen molar-refractivity contribution in [2.24, 2.45) is 0 Å². The number of halogens is 1. The van der Waals surface area contributed by atoms with Crippen LogP contribution in [0.4, 0.5) is 10.1 Å². The first kappa shape index (κ1) is 24.8. The Labute approximate surface area is 217 Å². The van der Waals surface area contributed by atoms with Crippen LogP contribution < -0.4 is 14.2 Å². The first-order valence-corrected chi connectivity index (χ1v) is 13.5. The second kappa shape index (κ2) is 9.64. The van der Waals surface area contributed by atoms with Crippen molar-refractivity contribution in [2.75, 3.05) is 25.0 Å². The average Bonchev–Trinajstić information content (AvgIpc) is 3.60. The van der Waals surface area contributed by atoms with Crippen molar-refractivity contribution in [3.05, 3.63) is 66.5 Å². The fourth-order valence-electron chi connectivity index (χ4n) is 4.74. The Balaban J connectivity index is 1.19. The van der Waals surface area contributed by atoms with Crippen molar-refractivity contribution >= 4 is 26.9 Å². The summed E-state index contributed by atoms with van der Waals surface area (Å²) in [5.41, 5.74) is 4.04. The van der Waals surface area contributed by atoms with E-state index >= 15 is 4.39 Å². The fourth-order valence-corrected chi connectivity index (χ4v) is 5.29. The van der Waals surface area contributed by atoms with Crippen LogP contribution in [0.15, 0.2) is 60.7 Å². The molecule has 2 aliphatic rings. The topological polar surface area (TPSA) is 135 Å². The van der Waals surface area contributed by atoms with Crippen molar-refractivity contribution in [1.82, 2.24) is 14.7 Å². The molecule has 0 unspecified atom stereocenters. The highest BCUT2D eigenvalue weighted by molar-refractivity contribution is 7.90. The van der Waals surface area contributed by atoms with Gasteiger partial charge in [-0.2, -0.15) is 8.42 Å². The van der Waals surface area contributed by atoms with Crippen LogP contribution in [0.2, 0.25) is 0 Å². The van der Waals surface area contributed by atoms with Gasteiger partial charge < -0.3 is 24.3 Å². The molecule has 4 N–H and O–H groups in total. The van der Waals surface area contributed by atoms with Crippen LogP contribution in [0.5, 0.6) is 5.88 Å². The van der Waals surface area contributed by atoms with Crippen molar-refractivity contribution in [2.45, 2.75) is 24.4 Å². The van der Waals surface area contributed by atoms with Gasteiger partial charge >= 0.3 is 0 Å². The van der Waals surface area contributed by atoms with Crippen LogP contribution in [-0.2, 0) is 19.7 Å². The molecule has 2 saturated heterocycles. The average molecular weight is 541 g/mol. The molecule has 0 radical (unpaired) electrons. The molecule has 2 fully saturated rings. The Morgan fingerprint density at radius 2 is 1.66 bits per heavy atom. The zero-order chi connectivity index (χ0) is 26.4. The number of nitrogens with one attached hydrogen (secondary N) is 3. The van der Waals surface area contributed by atoms with Gasteiger partial charge in [-0.1, -0.05) is 36.4 Å². The fraction of sp³-hybridized carbons (Fsp3) is 0.269. The molecule has 6 rings (SSSR count). The Hall–Kier alpha value is -3.55. The molecule has 38 heavy (non-hydrogen) atoms. The molecule has 0 bridgehead atoms. The number of aromatic amines is 1. The van der Waals surface area contributed by atoms with E-state index in [0.29, 0.717) is 28.2 Å². The number of anilines is 1. The van der Waals surface area contributed by atoms with Crippen molar-refractivity contribution in [3.8, 4) is 28.3 Å². The van der Waals surface area contributed by atoms with Gasteiger partial charge in [0.1, 0.15) is 24.0 Å². The van der Waals surface area contributed by atoms with Crippen LogP contribution in [0.25, 0.3) is 33.4 Å². The molecule has 2 aromatic heterocycles. The van der Waals surface area contributed by atoms with Gasteiger partial charge in [-0.3, -0.25) is 4.72 Å². The predicted molar refractivity (Wildman–Crippen MR) is 138 cm³/mol. The minimum absolute atomic E-state index is 0.206. The minimum atomic E-state index is -3.59. The molecule has 0 saturated carbocycles. The number of pyridine rings is 1. The summed E-state index contributed by atoms with van der Waals surface area (Å²) in [6.07, 6.45) is -1.82. The first-order valence-electron chi connectivity index (χ1n) is 12.0. The van der Waals surface area contributed by atoms with Gasteiger partial charge in [0.25, 0.3) is 10.2 Å². The van der Waals surface area contributed by atoms with E-state index in [2.05, 4.69) is 19.4 Å². The summed E-state index contributed by atoms with van der Waals surface area (Å²) in [6, 6.07) is 17.3. The van der Waals surface area contributed by atoms with Gasteiger partial charge in [-0.15, -0.1) is 0 Å². The maximum Gasteiger partial charge on any atom is 0.298 e. The monoisotopic (exact) mass is 540 g/mol. The molecule has 4 atom stereocenters. The van der Waals surface area contributed by atoms with Gasteiger partial charge in [0.2, 0.25) is 0 Å². The van der Waals surface area contributed by atoms with E-state index in [1.165, 1.54) is 13.1 Å². The lowest BCUT2D eigenvalue weighted by molar-refractivity contribution is 0.00794. The normalized spacial score (nSPS) is 23.0. The van der Waals surface area contributed by atoms with Crippen LogP contribution in [0.1, 0.15) is 0 Å². The molecule has 0 aliphatic carbocycles. The summed E-state index contributed by atoms with van der Waals surface area (Å²) in [5, 5.41) is 9.92. The van der Waals surface area contributed by atoms with E-state index in [0.717, 1.165) is 11.1 Å². The molecular formula is C26H25FN4O6S. The second-order valence-corrected chi connectivity index (χ2v) is 10.8. The van der Waals surface area contributed by atoms with Crippen LogP contribution >= 0.6 is 0 Å². The van der Waals surface area contributed by atoms with Gasteiger partial charge in [-0.25, -0.2) is 14.1 Å². The summed E-state index contributed by atoms with van der Waals surface area (Å²) in [5.74, 6) is -0.0644. The van der Waals surface area contributed by atoms with E-state index in [4.69, 9.17) is 14.2 Å². The maximum atomic E-state index is 15.0. The lowest BCUT2D eigenvalue weighted by Crippen LogP contribution is -2.34. The second-order valence-electron chi connectivity index (χ2n) is 9.17. The lowest BCUT2D eigenvalue weighted by atomic mass is 10.0. The summed E-state index contributed by atoms with van der Waals surface area (Å²) in [6.45, 7) is 0.496. The molecular weight excluding hydrogens is 515 g/mol. The minimum Gasteiger partial charge on any atom is -0.470 e. The number of aliphatic hydroxyl groups is 1. The van der Waals surface area contributed by atoms with Crippen molar-refractivity contribution in [3.63, 3.8) is 0 Å². The molecule has 2 aliphatic heterocycles. The highest BCUT2D eigenvalue weighted by Crippen LogP contribution is 2.32. The van der Waals surface area contributed by atoms with Gasteiger partial charge in [0.05, 0.1) is 24.2 Å². The number of aromatic nitrogens is 2. The standard InChI is InChI=1S/C26H25FN4O6S/c1-28-38(33,34)31-17-8-6-15(7-9-17)14-2-4-16(5-3-14)24-18(27)10-19-20(30-24)11-23(29-19)37-22-13-36-25-21(32)12-35-26(22)25/h2-11,21-22,25-26,28-29,31-32H,12-13H2,1H3/t21-,22-,25-,26-/m1/s1. The third-order valence-corrected chi connectivity index (χ3v) is 7.73. The quantitative estimate of drug-likeness (QED) is 0.283. The van der Waals surface area contributed by atoms with E-state index in [9.17, 15) is 13.5 Å². The Morgan fingerprint density at radius 1 is 1.00 bits per heavy atom. The number of hydrogen-bond acceptors (Lipinski definition) is 7. The number of aliphatic hydroxyl groups excluding tert-OH is 1. The summed E-state index contributed by atoms with van der Waals surface area (Å²) in [7, 11) is -2.26. The van der Waals surface area contributed by atoms with Crippen molar-refractivity contribution < 1.29 is 32.1 Å². The van der Waals surface area contributed by atoms with Crippen LogP contribution in [-0.4, -0.2) is 68.2 Å². The largest absolute Gasteiger partial charge is 0.470 e. The van der Waals surface area contributed by atoms with Crippen LogP contribution in [0, 0.1) is 5.82 Å². The van der Waals surface area contributed by atoms with E-state index in [1.807, 2.05) is 12.1 Å². The Morgan fingerprint density at radius 3 is 2.37 bits per heavy atom. The number of rotatable bonds is 7. The summed E-state index contributed by atoms with van der Waals surface area (Å²) in [4.78, 5) is 7.56. The molecule has 12 heteroatoms. The summed E-state index contributed by atoms with van der Waals surface area (Å²) < 4.78 is 60.1. The number of fused-ring (bicyclic) bond motifs is 2. The number of ether oxygens (including phenoxy) is 3. The number of nitrogens with zero attached hydrogens (tertiary/aromatic N) is 1. The highest BCUT2D eigenvalue weighted by Gasteiger charge is 2.48. The third-order valence-electron chi connectivity index (χ3n) is 6.69. The van der Waals surface area contributed by atoms with E-state index < -0.39 is 28.2 Å². The van der Waals surface area contributed by atoms with Crippen molar-refractivity contribution in [1.29, 1.82) is 0 Å². The van der Waals surface area contributed by atoms with E-state index in [-0.39, 0.29) is 31.1 Å². The van der Waals surface area contributed by atoms with Gasteiger partial charge in [-0.05, 0) is 23.3 Å². The van der Waals surface area contributed by atoms with Crippen LogP contribution in [0.3, 0.4) is 0 Å². The zero-order valence-electron chi connectivity index (χ0n) is 20.2. The molecule has 4 aromatic rings. The molecule has 0 amide bonds. The smallest absolute Gasteiger partial charge is 0.298 e. The number of hydrogen-bond donors (Lipinski definition) is 4. The van der Waals surface area contributed by atoms with Gasteiger partial charge in [0.15, 0.2) is 17.8 Å². The predicted octanol–water partition coefficient (Wildman–Crippen LogP) is 2.82. The SMILES string of the molecule is CNS(=O)(=O)Nc1ccc(-c2ccc(-c3nc4cc(O[C@@H]5CO[C@H]6[C@@H]5OC[C@H]6O)[nH]c4cc3F)cc2)cc1. The lowest BCUT2D eigenvalue weighted by Gasteiger charge is -2.16. The Kier molecular flexibility index (Phi) is 6.28. The maximum absolute atomic E-state index is 15.0. The molecule has 198 valence electrons. The van der Waals surface area contributed by atoms with Gasteiger partial charge in [0, 0.05) is 30.4 Å². The third kappa shape index (κ3) is 4.72. The molecule has 0 spiro atoms. The summed E-state index contributed by atoms with van der Waals surface area (Å²) >= 11 is 0. The first-order chi connectivity index (χ1) is 18.3. The van der Waals surface area contributed by atoms with E-state index in [1.54, 1.807) is 42.5 Å². The Bertz CT molecular complexity index is 1580. The number of benzene rings is 2. The molecule has 2 aromatic carbocycles. The highest BCUT2D eigenvalue weighted by atomic mass is 32.2. The molecule has 4 heterocycles. The molecule has 10 nitrogen and oxygen atoms in total. The zero-order valence-corrected chi connectivity index (χ0v) is 21.0. The number of H-pyrrole nitrogens is 1.